The fourth-order valence-electron chi connectivity index (χ4n) is 5.95. The highest BCUT2D eigenvalue weighted by Gasteiger charge is 2.37. The maximum atomic E-state index is 15.0. The number of carboxylic acids is 1. The summed E-state index contributed by atoms with van der Waals surface area (Å²) >= 11 is 0. The molecule has 0 heterocycles. The molecule has 1 unspecified atom stereocenters. The molecule has 4 nitrogen and oxygen atoms in total. The number of hydrogen-bond acceptors (Lipinski definition) is 3. The minimum atomic E-state index is -0.787. The Bertz CT molecular complexity index is 1270. The summed E-state index contributed by atoms with van der Waals surface area (Å²) in [4.78, 5) is 11.4. The number of benzene rings is 3. The van der Waals surface area contributed by atoms with Gasteiger partial charge < -0.3 is 14.6 Å². The van der Waals surface area contributed by atoms with Gasteiger partial charge in [0.2, 0.25) is 0 Å². The van der Waals surface area contributed by atoms with Gasteiger partial charge in [-0.1, -0.05) is 63.9 Å². The summed E-state index contributed by atoms with van der Waals surface area (Å²) in [5.41, 5.74) is 4.75. The molecule has 1 fully saturated rings. The number of ether oxygens (including phenoxy) is 2. The Morgan fingerprint density at radius 1 is 1.08 bits per heavy atom. The van der Waals surface area contributed by atoms with Gasteiger partial charge in [0, 0.05) is 5.56 Å². The van der Waals surface area contributed by atoms with Crippen LogP contribution in [0.3, 0.4) is 0 Å². The van der Waals surface area contributed by atoms with Crippen molar-refractivity contribution >= 4 is 5.97 Å². The third-order valence-electron chi connectivity index (χ3n) is 8.01. The van der Waals surface area contributed by atoms with E-state index < -0.39 is 5.97 Å². The molecule has 5 heteroatoms. The van der Waals surface area contributed by atoms with Crippen molar-refractivity contribution in [3.05, 3.63) is 83.2 Å². The van der Waals surface area contributed by atoms with Crippen LogP contribution in [-0.4, -0.2) is 18.2 Å². The van der Waals surface area contributed by atoms with Gasteiger partial charge in [0.25, 0.3) is 0 Å². The first-order chi connectivity index (χ1) is 18.2. The maximum Gasteiger partial charge on any atom is 0.303 e. The SMILES string of the molecule is CCC[C@H](CC(=O)O)c1cccc(OCc2ccc(-c3cc(OC)ccc3F)c(C3CCCC3(C)C)c2)c1. The van der Waals surface area contributed by atoms with Gasteiger partial charge in [-0.2, -0.15) is 0 Å². The van der Waals surface area contributed by atoms with E-state index in [4.69, 9.17) is 9.47 Å². The lowest BCUT2D eigenvalue weighted by Gasteiger charge is -2.30. The smallest absolute Gasteiger partial charge is 0.303 e. The molecule has 0 amide bonds. The fraction of sp³-hybridized carbons (Fsp3) is 0.424. The van der Waals surface area contributed by atoms with E-state index in [0.29, 0.717) is 23.8 Å². The fourth-order valence-corrected chi connectivity index (χ4v) is 5.95. The molecule has 3 aromatic rings. The minimum absolute atomic E-state index is 0.0331. The highest BCUT2D eigenvalue weighted by molar-refractivity contribution is 5.71. The topological polar surface area (TPSA) is 55.8 Å². The molecule has 3 aromatic carbocycles. The van der Waals surface area contributed by atoms with Gasteiger partial charge in [-0.05, 0) is 89.1 Å². The third kappa shape index (κ3) is 6.38. The Balaban J connectivity index is 1.63. The number of rotatable bonds is 11. The van der Waals surface area contributed by atoms with E-state index >= 15 is 4.39 Å². The Morgan fingerprint density at radius 3 is 2.58 bits per heavy atom. The molecule has 1 saturated carbocycles. The second kappa shape index (κ2) is 12.0. The van der Waals surface area contributed by atoms with Gasteiger partial charge in [0.15, 0.2) is 0 Å². The Labute approximate surface area is 225 Å². The number of hydrogen-bond donors (Lipinski definition) is 1. The Kier molecular flexibility index (Phi) is 8.76. The highest BCUT2D eigenvalue weighted by atomic mass is 19.1. The molecule has 0 bridgehead atoms. The van der Waals surface area contributed by atoms with Crippen LogP contribution < -0.4 is 9.47 Å². The first-order valence-corrected chi connectivity index (χ1v) is 13.6. The Hall–Kier alpha value is -3.34. The number of halogens is 1. The second-order valence-corrected chi connectivity index (χ2v) is 11.1. The van der Waals surface area contributed by atoms with Crippen molar-refractivity contribution in [3.63, 3.8) is 0 Å². The molecular weight excluding hydrogens is 479 g/mol. The monoisotopic (exact) mass is 518 g/mol. The van der Waals surface area contributed by atoms with Gasteiger partial charge in [-0.25, -0.2) is 4.39 Å². The molecule has 1 N–H and O–H groups in total. The van der Waals surface area contributed by atoms with Crippen molar-refractivity contribution in [1.82, 2.24) is 0 Å². The van der Waals surface area contributed by atoms with Crippen LogP contribution in [-0.2, 0) is 11.4 Å². The summed E-state index contributed by atoms with van der Waals surface area (Å²) in [5.74, 6) is 0.595. The Morgan fingerprint density at radius 2 is 1.89 bits per heavy atom. The van der Waals surface area contributed by atoms with E-state index in [1.165, 1.54) is 6.07 Å². The van der Waals surface area contributed by atoms with Crippen molar-refractivity contribution < 1.29 is 23.8 Å². The van der Waals surface area contributed by atoms with Gasteiger partial charge in [0.1, 0.15) is 23.9 Å². The van der Waals surface area contributed by atoms with Crippen LogP contribution in [0.2, 0.25) is 0 Å². The number of carbonyl (C=O) groups is 1. The largest absolute Gasteiger partial charge is 0.497 e. The molecule has 1 aliphatic carbocycles. The summed E-state index contributed by atoms with van der Waals surface area (Å²) in [7, 11) is 1.60. The maximum absolute atomic E-state index is 15.0. The van der Waals surface area contributed by atoms with Crippen molar-refractivity contribution in [1.29, 1.82) is 0 Å². The molecule has 2 atom stereocenters. The van der Waals surface area contributed by atoms with Gasteiger partial charge >= 0.3 is 5.97 Å². The van der Waals surface area contributed by atoms with E-state index in [-0.39, 0.29) is 23.6 Å². The van der Waals surface area contributed by atoms with Crippen molar-refractivity contribution in [2.45, 2.75) is 77.7 Å². The minimum Gasteiger partial charge on any atom is -0.497 e. The van der Waals surface area contributed by atoms with E-state index in [9.17, 15) is 9.90 Å². The summed E-state index contributed by atoms with van der Waals surface area (Å²) in [5, 5.41) is 9.34. The first kappa shape index (κ1) is 27.7. The molecule has 0 spiro atoms. The van der Waals surface area contributed by atoms with Crippen molar-refractivity contribution in [2.75, 3.05) is 7.11 Å². The van der Waals surface area contributed by atoms with E-state index in [0.717, 1.165) is 60.1 Å². The van der Waals surface area contributed by atoms with Crippen LogP contribution in [0.25, 0.3) is 11.1 Å². The molecule has 0 radical (unpaired) electrons. The quantitative estimate of drug-likeness (QED) is 0.276. The lowest BCUT2D eigenvalue weighted by atomic mass is 9.75. The zero-order chi connectivity index (χ0) is 27.3. The molecular formula is C33H39FO4. The van der Waals surface area contributed by atoms with E-state index in [1.807, 2.05) is 36.4 Å². The summed E-state index contributed by atoms with van der Waals surface area (Å²) < 4.78 is 26.6. The van der Waals surface area contributed by atoms with Crippen LogP contribution in [0.5, 0.6) is 11.5 Å². The predicted molar refractivity (Wildman–Crippen MR) is 149 cm³/mol. The number of carboxylic acid groups (broad SMARTS) is 1. The molecule has 4 rings (SSSR count). The second-order valence-electron chi connectivity index (χ2n) is 11.1. The van der Waals surface area contributed by atoms with E-state index in [2.05, 4.69) is 26.8 Å². The highest BCUT2D eigenvalue weighted by Crippen LogP contribution is 2.51. The molecule has 0 aromatic heterocycles. The lowest BCUT2D eigenvalue weighted by molar-refractivity contribution is -0.137. The number of methoxy groups -OCH3 is 1. The third-order valence-corrected chi connectivity index (χ3v) is 8.01. The summed E-state index contributed by atoms with van der Waals surface area (Å²) in [6, 6.07) is 18.9. The normalized spacial score (nSPS) is 17.2. The zero-order valence-corrected chi connectivity index (χ0v) is 22.9. The number of aliphatic carboxylic acids is 1. The summed E-state index contributed by atoms with van der Waals surface area (Å²) in [6.45, 7) is 7.05. The molecule has 1 aliphatic rings. The van der Waals surface area contributed by atoms with Crippen LogP contribution in [0, 0.1) is 11.2 Å². The predicted octanol–water partition coefficient (Wildman–Crippen LogP) is 8.73. The van der Waals surface area contributed by atoms with Crippen LogP contribution >= 0.6 is 0 Å². The van der Waals surface area contributed by atoms with Crippen LogP contribution in [0.1, 0.15) is 87.8 Å². The van der Waals surface area contributed by atoms with Crippen molar-refractivity contribution in [2.24, 2.45) is 5.41 Å². The molecule has 0 saturated heterocycles. The summed E-state index contributed by atoms with van der Waals surface area (Å²) in [6.07, 6.45) is 5.21. The van der Waals surface area contributed by atoms with Gasteiger partial charge in [0.05, 0.1) is 13.5 Å². The molecule has 38 heavy (non-hydrogen) atoms. The first-order valence-electron chi connectivity index (χ1n) is 13.6. The lowest BCUT2D eigenvalue weighted by Crippen LogP contribution is -2.17. The standard InChI is InChI=1S/C33H39FO4/c1-5-8-23(19-32(35)36)24-9-6-10-26(18-24)38-21-22-12-14-27(29-20-25(37-4)13-15-31(29)34)28(17-22)30-11-7-16-33(30,2)3/h6,9-10,12-15,17-18,20,23,30H,5,7-8,11,16,19,21H2,1-4H3,(H,35,36)/t23-,30?/m1/s1. The molecule has 0 aliphatic heterocycles. The van der Waals surface area contributed by atoms with Crippen molar-refractivity contribution in [3.8, 4) is 22.6 Å². The van der Waals surface area contributed by atoms with Gasteiger partial charge in [-0.15, -0.1) is 0 Å². The van der Waals surface area contributed by atoms with E-state index in [1.54, 1.807) is 19.2 Å². The van der Waals surface area contributed by atoms with Crippen LogP contribution in [0.4, 0.5) is 4.39 Å². The van der Waals surface area contributed by atoms with Gasteiger partial charge in [-0.3, -0.25) is 4.79 Å². The van der Waals surface area contributed by atoms with Crippen LogP contribution in [0.15, 0.2) is 60.7 Å². The molecule has 202 valence electrons. The average Bonchev–Trinajstić information content (AvgIpc) is 3.26. The zero-order valence-electron chi connectivity index (χ0n) is 22.9. The average molecular weight is 519 g/mol.